The Hall–Kier alpha value is -1.51. The number of nitrogens with zero attached hydrogens (tertiary/aromatic N) is 2. The molecular formula is C8H8N2O. The Labute approximate surface area is 64.2 Å². The van der Waals surface area contributed by atoms with Gasteiger partial charge in [0.15, 0.2) is 0 Å². The standard InChI is InChI=1S/C8H8N2O/c1-11-8-6-10-5-3-2-4-7(10)9-8/h2-6H,1H3. The molecule has 0 amide bonds. The number of methoxy groups -OCH3 is 1. The molecule has 0 saturated heterocycles. The highest BCUT2D eigenvalue weighted by Gasteiger charge is 1.97. The van der Waals surface area contributed by atoms with E-state index in [4.69, 9.17) is 4.74 Å². The van der Waals surface area contributed by atoms with Crippen LogP contribution < -0.4 is 4.74 Å². The third kappa shape index (κ3) is 0.941. The Morgan fingerprint density at radius 3 is 3.09 bits per heavy atom. The molecule has 3 nitrogen and oxygen atoms in total. The molecule has 2 aromatic rings. The SMILES string of the molecule is COc1cn2ccccc2n1. The van der Waals surface area contributed by atoms with Gasteiger partial charge in [0.1, 0.15) is 5.65 Å². The molecule has 0 aliphatic carbocycles. The van der Waals surface area contributed by atoms with Crippen LogP contribution in [0.3, 0.4) is 0 Å². The first kappa shape index (κ1) is 6.22. The summed E-state index contributed by atoms with van der Waals surface area (Å²) >= 11 is 0. The van der Waals surface area contributed by atoms with Crippen LogP contribution >= 0.6 is 0 Å². The van der Waals surface area contributed by atoms with Crippen molar-refractivity contribution in [1.29, 1.82) is 0 Å². The summed E-state index contributed by atoms with van der Waals surface area (Å²) in [6.45, 7) is 0. The summed E-state index contributed by atoms with van der Waals surface area (Å²) < 4.78 is 6.88. The summed E-state index contributed by atoms with van der Waals surface area (Å²) in [7, 11) is 1.61. The number of fused-ring (bicyclic) bond motifs is 1. The molecule has 11 heavy (non-hydrogen) atoms. The van der Waals surface area contributed by atoms with Gasteiger partial charge in [0.25, 0.3) is 0 Å². The molecule has 2 aromatic heterocycles. The van der Waals surface area contributed by atoms with Gasteiger partial charge in [0, 0.05) is 6.20 Å². The number of ether oxygens (including phenoxy) is 1. The largest absolute Gasteiger partial charge is 0.480 e. The zero-order chi connectivity index (χ0) is 7.68. The highest BCUT2D eigenvalue weighted by atomic mass is 16.5. The Bertz CT molecular complexity index is 334. The molecule has 0 spiro atoms. The third-order valence-electron chi connectivity index (χ3n) is 1.55. The molecule has 0 aromatic carbocycles. The van der Waals surface area contributed by atoms with Crippen LogP contribution in [0.1, 0.15) is 0 Å². The molecule has 3 heteroatoms. The van der Waals surface area contributed by atoms with Crippen LogP contribution in [0.4, 0.5) is 0 Å². The molecule has 2 rings (SSSR count). The highest BCUT2D eigenvalue weighted by Crippen LogP contribution is 2.09. The maximum atomic E-state index is 4.97. The number of imidazole rings is 1. The van der Waals surface area contributed by atoms with Crippen molar-refractivity contribution >= 4 is 5.65 Å². The van der Waals surface area contributed by atoms with Crippen molar-refractivity contribution in [1.82, 2.24) is 9.38 Å². The molecule has 56 valence electrons. The number of aromatic nitrogens is 2. The van der Waals surface area contributed by atoms with Crippen LogP contribution in [0.2, 0.25) is 0 Å². The summed E-state index contributed by atoms with van der Waals surface area (Å²) in [5.41, 5.74) is 0.907. The summed E-state index contributed by atoms with van der Waals surface area (Å²) in [5.74, 6) is 0.649. The van der Waals surface area contributed by atoms with Crippen molar-refractivity contribution in [2.45, 2.75) is 0 Å². The molecule has 0 aliphatic heterocycles. The number of rotatable bonds is 1. The van der Waals surface area contributed by atoms with Gasteiger partial charge < -0.3 is 9.14 Å². The fourth-order valence-electron chi connectivity index (χ4n) is 1.01. The van der Waals surface area contributed by atoms with Gasteiger partial charge in [-0.1, -0.05) is 6.07 Å². The van der Waals surface area contributed by atoms with E-state index in [1.54, 1.807) is 7.11 Å². The zero-order valence-electron chi connectivity index (χ0n) is 6.19. The minimum atomic E-state index is 0.649. The molecule has 0 saturated carbocycles. The molecule has 2 heterocycles. The predicted molar refractivity (Wildman–Crippen MR) is 41.7 cm³/mol. The fraction of sp³-hybridized carbons (Fsp3) is 0.125. The van der Waals surface area contributed by atoms with Gasteiger partial charge in [-0.3, -0.25) is 0 Å². The van der Waals surface area contributed by atoms with Crippen LogP contribution in [0.5, 0.6) is 5.88 Å². The van der Waals surface area contributed by atoms with Crippen molar-refractivity contribution in [3.8, 4) is 5.88 Å². The van der Waals surface area contributed by atoms with E-state index in [1.165, 1.54) is 0 Å². The van der Waals surface area contributed by atoms with Crippen molar-refractivity contribution in [2.75, 3.05) is 7.11 Å². The van der Waals surface area contributed by atoms with Crippen LogP contribution in [0, 0.1) is 0 Å². The van der Waals surface area contributed by atoms with Gasteiger partial charge in [-0.25, -0.2) is 0 Å². The predicted octanol–water partition coefficient (Wildman–Crippen LogP) is 1.34. The normalized spacial score (nSPS) is 10.3. The Balaban J connectivity index is 2.69. The zero-order valence-corrected chi connectivity index (χ0v) is 6.19. The van der Waals surface area contributed by atoms with Gasteiger partial charge in [-0.05, 0) is 12.1 Å². The minimum Gasteiger partial charge on any atom is -0.480 e. The Morgan fingerprint density at radius 2 is 2.36 bits per heavy atom. The van der Waals surface area contributed by atoms with E-state index in [0.717, 1.165) is 5.65 Å². The maximum Gasteiger partial charge on any atom is 0.232 e. The van der Waals surface area contributed by atoms with E-state index in [0.29, 0.717) is 5.88 Å². The Morgan fingerprint density at radius 1 is 1.45 bits per heavy atom. The molecule has 0 aliphatic rings. The number of hydrogen-bond donors (Lipinski definition) is 0. The lowest BCUT2D eigenvalue weighted by Crippen LogP contribution is -1.79. The van der Waals surface area contributed by atoms with Gasteiger partial charge in [-0.15, -0.1) is 0 Å². The van der Waals surface area contributed by atoms with E-state index in [-0.39, 0.29) is 0 Å². The highest BCUT2D eigenvalue weighted by molar-refractivity contribution is 5.40. The fourth-order valence-corrected chi connectivity index (χ4v) is 1.01. The van der Waals surface area contributed by atoms with E-state index >= 15 is 0 Å². The topological polar surface area (TPSA) is 26.5 Å². The lowest BCUT2D eigenvalue weighted by Gasteiger charge is -1.86. The van der Waals surface area contributed by atoms with Crippen molar-refractivity contribution < 1.29 is 4.74 Å². The summed E-state index contributed by atoms with van der Waals surface area (Å²) in [5, 5.41) is 0. The summed E-state index contributed by atoms with van der Waals surface area (Å²) in [6, 6.07) is 5.83. The van der Waals surface area contributed by atoms with Gasteiger partial charge in [0.05, 0.1) is 13.3 Å². The quantitative estimate of drug-likeness (QED) is 0.610. The van der Waals surface area contributed by atoms with Crippen LogP contribution in [0.15, 0.2) is 30.6 Å². The summed E-state index contributed by atoms with van der Waals surface area (Å²) in [6.07, 6.45) is 3.78. The molecule has 0 atom stereocenters. The second-order valence-corrected chi connectivity index (χ2v) is 2.25. The first-order valence-electron chi connectivity index (χ1n) is 3.38. The molecule has 0 unspecified atom stereocenters. The average molecular weight is 148 g/mol. The average Bonchev–Trinajstić information content (AvgIpc) is 2.46. The van der Waals surface area contributed by atoms with E-state index in [1.807, 2.05) is 35.0 Å². The van der Waals surface area contributed by atoms with Crippen molar-refractivity contribution in [2.24, 2.45) is 0 Å². The first-order chi connectivity index (χ1) is 5.40. The molecular weight excluding hydrogens is 140 g/mol. The summed E-state index contributed by atoms with van der Waals surface area (Å²) in [4.78, 5) is 4.17. The molecule has 0 radical (unpaired) electrons. The van der Waals surface area contributed by atoms with Crippen LogP contribution in [0.25, 0.3) is 5.65 Å². The van der Waals surface area contributed by atoms with Crippen LogP contribution in [-0.2, 0) is 0 Å². The van der Waals surface area contributed by atoms with Crippen LogP contribution in [-0.4, -0.2) is 16.5 Å². The third-order valence-corrected chi connectivity index (χ3v) is 1.55. The molecule has 0 fully saturated rings. The number of hydrogen-bond acceptors (Lipinski definition) is 2. The lowest BCUT2D eigenvalue weighted by molar-refractivity contribution is 0.400. The van der Waals surface area contributed by atoms with Gasteiger partial charge in [0.2, 0.25) is 5.88 Å². The van der Waals surface area contributed by atoms with E-state index in [2.05, 4.69) is 4.98 Å². The smallest absolute Gasteiger partial charge is 0.232 e. The lowest BCUT2D eigenvalue weighted by atomic mass is 10.5. The molecule has 0 bridgehead atoms. The first-order valence-corrected chi connectivity index (χ1v) is 3.38. The maximum absolute atomic E-state index is 4.97. The van der Waals surface area contributed by atoms with Crippen molar-refractivity contribution in [3.63, 3.8) is 0 Å². The second-order valence-electron chi connectivity index (χ2n) is 2.25. The van der Waals surface area contributed by atoms with E-state index in [9.17, 15) is 0 Å². The van der Waals surface area contributed by atoms with Gasteiger partial charge >= 0.3 is 0 Å². The number of pyridine rings is 1. The minimum absolute atomic E-state index is 0.649. The Kier molecular flexibility index (Phi) is 1.28. The van der Waals surface area contributed by atoms with Gasteiger partial charge in [-0.2, -0.15) is 4.98 Å². The van der Waals surface area contributed by atoms with Crippen molar-refractivity contribution in [3.05, 3.63) is 30.6 Å². The monoisotopic (exact) mass is 148 g/mol. The second kappa shape index (κ2) is 2.27. The van der Waals surface area contributed by atoms with E-state index < -0.39 is 0 Å². The molecule has 0 N–H and O–H groups in total.